The molecule has 1 aromatic heterocycles. The van der Waals surface area contributed by atoms with Gasteiger partial charge in [0.25, 0.3) is 0 Å². The fourth-order valence-electron chi connectivity index (χ4n) is 0.677. The van der Waals surface area contributed by atoms with E-state index in [2.05, 4.69) is 20.9 Å². The average Bonchev–Trinajstić information content (AvgIpc) is 1.88. The van der Waals surface area contributed by atoms with E-state index in [1.54, 1.807) is 25.3 Å². The molecule has 0 amide bonds. The topological polar surface area (TPSA) is 33.1 Å². The van der Waals surface area contributed by atoms with Crippen LogP contribution in [0, 0.1) is 0 Å². The zero-order valence-corrected chi connectivity index (χ0v) is 7.17. The predicted molar refractivity (Wildman–Crippen MR) is 42.6 cm³/mol. The highest BCUT2D eigenvalue weighted by molar-refractivity contribution is 9.10. The Morgan fingerprint density at radius 2 is 2.40 bits per heavy atom. The van der Waals surface area contributed by atoms with Crippen molar-refractivity contribution >= 4 is 15.9 Å². The molecule has 1 N–H and O–H groups in total. The van der Waals surface area contributed by atoms with Crippen molar-refractivity contribution in [2.75, 3.05) is 0 Å². The zero-order valence-electron chi connectivity index (χ0n) is 5.58. The van der Waals surface area contributed by atoms with Crippen LogP contribution in [0.5, 0.6) is 0 Å². The van der Waals surface area contributed by atoms with Crippen molar-refractivity contribution in [3.8, 4) is 0 Å². The third-order valence-corrected chi connectivity index (χ3v) is 1.67. The maximum absolute atomic E-state index is 9.10. The van der Waals surface area contributed by atoms with Gasteiger partial charge in [0.05, 0.1) is 6.10 Å². The van der Waals surface area contributed by atoms with Crippen molar-refractivity contribution in [3.05, 3.63) is 28.5 Å². The molecule has 2 nitrogen and oxygen atoms in total. The molecule has 0 aliphatic rings. The molecule has 0 saturated heterocycles. The minimum absolute atomic E-state index is 0.417. The van der Waals surface area contributed by atoms with Crippen LogP contribution in [0.1, 0.15) is 18.6 Å². The third-order valence-electron chi connectivity index (χ3n) is 1.23. The Morgan fingerprint density at radius 1 is 1.70 bits per heavy atom. The second-order valence-electron chi connectivity index (χ2n) is 2.09. The lowest BCUT2D eigenvalue weighted by Crippen LogP contribution is -1.90. The largest absolute Gasteiger partial charge is 0.389 e. The van der Waals surface area contributed by atoms with Gasteiger partial charge in [-0.1, -0.05) is 0 Å². The molecule has 0 radical (unpaired) electrons. The van der Waals surface area contributed by atoms with Crippen molar-refractivity contribution < 1.29 is 5.11 Å². The van der Waals surface area contributed by atoms with Gasteiger partial charge < -0.3 is 5.11 Å². The Kier molecular flexibility index (Phi) is 2.40. The lowest BCUT2D eigenvalue weighted by Gasteiger charge is -2.02. The van der Waals surface area contributed by atoms with Crippen LogP contribution >= 0.6 is 15.9 Å². The normalized spacial score (nSPS) is 13.1. The first-order valence-corrected chi connectivity index (χ1v) is 3.79. The molecule has 1 atom stereocenters. The minimum atomic E-state index is -0.417. The standard InChI is InChI=1S/C7H8BrNO/c1-5(10)6-2-3-9-7(8)4-6/h2-5,10H,1H3/t5-/m0/s1. The number of aliphatic hydroxyl groups is 1. The average molecular weight is 202 g/mol. The van der Waals surface area contributed by atoms with E-state index in [-0.39, 0.29) is 0 Å². The molecule has 0 aliphatic carbocycles. The molecular weight excluding hydrogens is 194 g/mol. The number of aromatic nitrogens is 1. The molecule has 1 rings (SSSR count). The summed E-state index contributed by atoms with van der Waals surface area (Å²) in [5, 5.41) is 9.10. The molecule has 0 aromatic carbocycles. The molecule has 10 heavy (non-hydrogen) atoms. The second kappa shape index (κ2) is 3.12. The van der Waals surface area contributed by atoms with Gasteiger partial charge in [0, 0.05) is 6.20 Å². The summed E-state index contributed by atoms with van der Waals surface area (Å²) in [6.45, 7) is 1.72. The Labute approximate surface area is 68.0 Å². The van der Waals surface area contributed by atoms with E-state index in [9.17, 15) is 0 Å². The first-order chi connectivity index (χ1) is 4.70. The molecule has 0 bridgehead atoms. The van der Waals surface area contributed by atoms with Crippen molar-refractivity contribution in [1.82, 2.24) is 4.98 Å². The van der Waals surface area contributed by atoms with E-state index < -0.39 is 6.10 Å². The quantitative estimate of drug-likeness (QED) is 0.705. The summed E-state index contributed by atoms with van der Waals surface area (Å²) < 4.78 is 0.755. The molecule has 1 heterocycles. The molecule has 0 aliphatic heterocycles. The summed E-state index contributed by atoms with van der Waals surface area (Å²) in [6, 6.07) is 3.58. The minimum Gasteiger partial charge on any atom is -0.389 e. The van der Waals surface area contributed by atoms with E-state index in [1.807, 2.05) is 0 Å². The molecule has 54 valence electrons. The number of nitrogens with zero attached hydrogens (tertiary/aromatic N) is 1. The highest BCUT2D eigenvalue weighted by Crippen LogP contribution is 2.14. The molecular formula is C7H8BrNO. The molecule has 1 aromatic rings. The van der Waals surface area contributed by atoms with Gasteiger partial charge in [0.1, 0.15) is 4.60 Å². The number of hydrogen-bond donors (Lipinski definition) is 1. The van der Waals surface area contributed by atoms with Crippen molar-refractivity contribution in [2.24, 2.45) is 0 Å². The molecule has 0 saturated carbocycles. The molecule has 3 heteroatoms. The Balaban J connectivity index is 2.96. The van der Waals surface area contributed by atoms with Gasteiger partial charge in [-0.3, -0.25) is 0 Å². The van der Waals surface area contributed by atoms with Gasteiger partial charge in [0.15, 0.2) is 0 Å². The van der Waals surface area contributed by atoms with E-state index in [1.165, 1.54) is 0 Å². The number of halogens is 1. The van der Waals surface area contributed by atoms with E-state index >= 15 is 0 Å². The van der Waals surface area contributed by atoms with Crippen LogP contribution in [-0.2, 0) is 0 Å². The smallest absolute Gasteiger partial charge is 0.106 e. The lowest BCUT2D eigenvalue weighted by atomic mass is 10.2. The molecule has 0 fully saturated rings. The Bertz CT molecular complexity index is 225. The first-order valence-electron chi connectivity index (χ1n) is 2.99. The fourth-order valence-corrected chi connectivity index (χ4v) is 1.06. The van der Waals surface area contributed by atoms with Crippen LogP contribution in [0.4, 0.5) is 0 Å². The monoisotopic (exact) mass is 201 g/mol. The third kappa shape index (κ3) is 1.78. The van der Waals surface area contributed by atoms with E-state index in [0.717, 1.165) is 10.2 Å². The van der Waals surface area contributed by atoms with Gasteiger partial charge in [0.2, 0.25) is 0 Å². The number of aliphatic hydroxyl groups excluding tert-OH is 1. The van der Waals surface area contributed by atoms with Crippen molar-refractivity contribution in [1.29, 1.82) is 0 Å². The van der Waals surface area contributed by atoms with Gasteiger partial charge >= 0.3 is 0 Å². The Morgan fingerprint density at radius 3 is 2.80 bits per heavy atom. The van der Waals surface area contributed by atoms with Crippen LogP contribution in [0.2, 0.25) is 0 Å². The zero-order chi connectivity index (χ0) is 7.56. The lowest BCUT2D eigenvalue weighted by molar-refractivity contribution is 0.199. The Hall–Kier alpha value is -0.410. The maximum Gasteiger partial charge on any atom is 0.106 e. The molecule has 0 unspecified atom stereocenters. The molecule has 0 spiro atoms. The van der Waals surface area contributed by atoms with Gasteiger partial charge in [-0.05, 0) is 40.5 Å². The van der Waals surface area contributed by atoms with Crippen molar-refractivity contribution in [2.45, 2.75) is 13.0 Å². The van der Waals surface area contributed by atoms with Crippen LogP contribution in [-0.4, -0.2) is 10.1 Å². The summed E-state index contributed by atoms with van der Waals surface area (Å²) in [7, 11) is 0. The summed E-state index contributed by atoms with van der Waals surface area (Å²) >= 11 is 3.21. The van der Waals surface area contributed by atoms with E-state index in [4.69, 9.17) is 5.11 Å². The highest BCUT2D eigenvalue weighted by atomic mass is 79.9. The number of hydrogen-bond acceptors (Lipinski definition) is 2. The summed E-state index contributed by atoms with van der Waals surface area (Å²) in [6.07, 6.45) is 1.24. The summed E-state index contributed by atoms with van der Waals surface area (Å²) in [4.78, 5) is 3.93. The number of pyridine rings is 1. The summed E-state index contributed by atoms with van der Waals surface area (Å²) in [5.41, 5.74) is 0.877. The van der Waals surface area contributed by atoms with Crippen LogP contribution in [0.15, 0.2) is 22.9 Å². The predicted octanol–water partition coefficient (Wildman–Crippen LogP) is 1.90. The first kappa shape index (κ1) is 7.69. The number of rotatable bonds is 1. The highest BCUT2D eigenvalue weighted by Gasteiger charge is 1.99. The van der Waals surface area contributed by atoms with Crippen LogP contribution in [0.3, 0.4) is 0 Å². The van der Waals surface area contributed by atoms with Gasteiger partial charge in [-0.2, -0.15) is 0 Å². The van der Waals surface area contributed by atoms with E-state index in [0.29, 0.717) is 0 Å². The van der Waals surface area contributed by atoms with Crippen LogP contribution < -0.4 is 0 Å². The van der Waals surface area contributed by atoms with Crippen molar-refractivity contribution in [3.63, 3.8) is 0 Å². The van der Waals surface area contributed by atoms with Gasteiger partial charge in [-0.15, -0.1) is 0 Å². The SMILES string of the molecule is C[C@H](O)c1ccnc(Br)c1. The fraction of sp³-hybridized carbons (Fsp3) is 0.286. The van der Waals surface area contributed by atoms with Gasteiger partial charge in [-0.25, -0.2) is 4.98 Å². The van der Waals surface area contributed by atoms with Crippen LogP contribution in [0.25, 0.3) is 0 Å². The maximum atomic E-state index is 9.10. The summed E-state index contributed by atoms with van der Waals surface area (Å²) in [5.74, 6) is 0. The second-order valence-corrected chi connectivity index (χ2v) is 2.90.